The summed E-state index contributed by atoms with van der Waals surface area (Å²) in [5.41, 5.74) is 2.87. The molecule has 2 heterocycles. The Morgan fingerprint density at radius 2 is 1.78 bits per heavy atom. The van der Waals surface area contributed by atoms with Crippen molar-refractivity contribution in [3.8, 4) is 23.2 Å². The monoisotopic (exact) mass is 356 g/mol. The number of nitriles is 1. The molecule has 2 aromatic carbocycles. The van der Waals surface area contributed by atoms with E-state index < -0.39 is 0 Å². The van der Waals surface area contributed by atoms with Crippen molar-refractivity contribution in [1.82, 2.24) is 19.6 Å². The molecule has 0 saturated carbocycles. The quantitative estimate of drug-likeness (QED) is 0.599. The molecule has 0 aliphatic carbocycles. The van der Waals surface area contributed by atoms with E-state index in [9.17, 15) is 5.26 Å². The second-order valence-corrected chi connectivity index (χ2v) is 5.91. The van der Waals surface area contributed by atoms with Crippen LogP contribution in [0.15, 0.2) is 54.6 Å². The molecule has 0 atom stereocenters. The van der Waals surface area contributed by atoms with Gasteiger partial charge in [0.15, 0.2) is 11.6 Å². The van der Waals surface area contributed by atoms with Gasteiger partial charge in [0, 0.05) is 16.9 Å². The summed E-state index contributed by atoms with van der Waals surface area (Å²) in [6.45, 7) is 1.86. The number of fused-ring (bicyclic) bond motifs is 1. The van der Waals surface area contributed by atoms with Gasteiger partial charge in [0.25, 0.3) is 5.78 Å². The van der Waals surface area contributed by atoms with Crippen molar-refractivity contribution in [2.24, 2.45) is 0 Å². The Bertz CT molecular complexity index is 1140. The Kier molecular flexibility index (Phi) is 4.15. The second-order valence-electron chi connectivity index (χ2n) is 5.91. The number of nitrogens with one attached hydrogen (secondary N) is 1. The Labute approximate surface area is 155 Å². The van der Waals surface area contributed by atoms with Crippen LogP contribution >= 0.6 is 0 Å². The van der Waals surface area contributed by atoms with Gasteiger partial charge < -0.3 is 10.1 Å². The predicted molar refractivity (Wildman–Crippen MR) is 102 cm³/mol. The average molecular weight is 356 g/mol. The third kappa shape index (κ3) is 2.93. The number of anilines is 2. The lowest BCUT2D eigenvalue weighted by molar-refractivity contribution is 0.415. The van der Waals surface area contributed by atoms with Crippen LogP contribution in [0, 0.1) is 18.3 Å². The highest BCUT2D eigenvalue weighted by molar-refractivity contribution is 5.68. The number of benzene rings is 2. The molecule has 7 nitrogen and oxygen atoms in total. The highest BCUT2D eigenvalue weighted by Crippen LogP contribution is 2.26. The molecular weight excluding hydrogens is 340 g/mol. The van der Waals surface area contributed by atoms with Gasteiger partial charge in [0.1, 0.15) is 17.4 Å². The van der Waals surface area contributed by atoms with Gasteiger partial charge in [-0.2, -0.15) is 10.2 Å². The van der Waals surface area contributed by atoms with Gasteiger partial charge in [-0.25, -0.2) is 0 Å². The van der Waals surface area contributed by atoms with Crippen LogP contribution in [0.4, 0.5) is 11.5 Å². The number of aryl methyl sites for hydroxylation is 1. The molecule has 0 spiro atoms. The Morgan fingerprint density at radius 1 is 1.04 bits per heavy atom. The van der Waals surface area contributed by atoms with Crippen LogP contribution < -0.4 is 10.1 Å². The van der Waals surface area contributed by atoms with E-state index in [-0.39, 0.29) is 0 Å². The summed E-state index contributed by atoms with van der Waals surface area (Å²) in [5.74, 6) is 2.29. The number of hydrogen-bond donors (Lipinski definition) is 1. The zero-order chi connectivity index (χ0) is 18.8. The van der Waals surface area contributed by atoms with E-state index in [0.29, 0.717) is 23.0 Å². The largest absolute Gasteiger partial charge is 0.497 e. The maximum absolute atomic E-state index is 9.71. The van der Waals surface area contributed by atoms with Gasteiger partial charge >= 0.3 is 0 Å². The number of ether oxygens (including phenoxy) is 1. The summed E-state index contributed by atoms with van der Waals surface area (Å²) >= 11 is 0. The van der Waals surface area contributed by atoms with Gasteiger partial charge in [-0.3, -0.25) is 4.40 Å². The molecule has 4 aromatic rings. The van der Waals surface area contributed by atoms with Crippen molar-refractivity contribution in [1.29, 1.82) is 5.26 Å². The third-order valence-corrected chi connectivity index (χ3v) is 4.29. The van der Waals surface area contributed by atoms with Gasteiger partial charge in [-0.15, -0.1) is 10.2 Å². The zero-order valence-corrected chi connectivity index (χ0v) is 14.8. The number of hydrogen-bond acceptors (Lipinski definition) is 6. The standard InChI is InChI=1S/C20H16N6O/c1-13-17(12-21)18(22-15-8-10-16(27-2)11-9-15)23-20-25-24-19(26(13)20)14-6-4-3-5-7-14/h3-11H,1-2H3,(H,22,23,25). The molecule has 0 aliphatic heterocycles. The molecule has 0 amide bonds. The molecule has 27 heavy (non-hydrogen) atoms. The summed E-state index contributed by atoms with van der Waals surface area (Å²) in [6.07, 6.45) is 0. The van der Waals surface area contributed by atoms with E-state index in [4.69, 9.17) is 4.74 Å². The van der Waals surface area contributed by atoms with Gasteiger partial charge in [-0.05, 0) is 31.2 Å². The van der Waals surface area contributed by atoms with Crippen LogP contribution in [0.5, 0.6) is 5.75 Å². The van der Waals surface area contributed by atoms with Crippen LogP contribution in [0.2, 0.25) is 0 Å². The van der Waals surface area contributed by atoms with Crippen molar-refractivity contribution in [3.05, 3.63) is 65.9 Å². The lowest BCUT2D eigenvalue weighted by Crippen LogP contribution is -2.06. The van der Waals surface area contributed by atoms with Gasteiger partial charge in [0.2, 0.25) is 0 Å². The maximum atomic E-state index is 9.71. The minimum atomic E-state index is 0.432. The number of methoxy groups -OCH3 is 1. The first-order valence-corrected chi connectivity index (χ1v) is 8.33. The van der Waals surface area contributed by atoms with Crippen molar-refractivity contribution in [3.63, 3.8) is 0 Å². The summed E-state index contributed by atoms with van der Waals surface area (Å²) in [6, 6.07) is 19.3. The summed E-state index contributed by atoms with van der Waals surface area (Å²) in [5, 5.41) is 21.4. The Morgan fingerprint density at radius 3 is 2.44 bits per heavy atom. The molecular formula is C20H16N6O. The molecule has 1 N–H and O–H groups in total. The molecule has 132 valence electrons. The van der Waals surface area contributed by atoms with E-state index in [2.05, 4.69) is 26.6 Å². The lowest BCUT2D eigenvalue weighted by atomic mass is 10.2. The highest BCUT2D eigenvalue weighted by Gasteiger charge is 2.18. The molecule has 0 aliphatic rings. The van der Waals surface area contributed by atoms with Crippen molar-refractivity contribution in [2.45, 2.75) is 6.92 Å². The predicted octanol–water partition coefficient (Wildman–Crippen LogP) is 3.72. The highest BCUT2D eigenvalue weighted by atomic mass is 16.5. The summed E-state index contributed by atoms with van der Waals surface area (Å²) < 4.78 is 6.97. The topological polar surface area (TPSA) is 88.1 Å². The summed E-state index contributed by atoms with van der Waals surface area (Å²) in [4.78, 5) is 4.52. The van der Waals surface area contributed by atoms with E-state index >= 15 is 0 Å². The second kappa shape index (κ2) is 6.77. The minimum Gasteiger partial charge on any atom is -0.497 e. The van der Waals surface area contributed by atoms with Gasteiger partial charge in [0.05, 0.1) is 7.11 Å². The van der Waals surface area contributed by atoms with Crippen LogP contribution in [-0.2, 0) is 0 Å². The minimum absolute atomic E-state index is 0.432. The van der Waals surface area contributed by atoms with Crippen molar-refractivity contribution in [2.75, 3.05) is 12.4 Å². The molecule has 0 fully saturated rings. The molecule has 0 radical (unpaired) electrons. The van der Waals surface area contributed by atoms with Crippen LogP contribution in [-0.4, -0.2) is 26.7 Å². The molecule has 7 heteroatoms. The lowest BCUT2D eigenvalue weighted by Gasteiger charge is -2.12. The fraction of sp³-hybridized carbons (Fsp3) is 0.100. The first kappa shape index (κ1) is 16.5. The number of rotatable bonds is 4. The first-order valence-electron chi connectivity index (χ1n) is 8.33. The first-order chi connectivity index (χ1) is 13.2. The SMILES string of the molecule is COc1ccc(Nc2nc3nnc(-c4ccccc4)n3c(C)c2C#N)cc1. The van der Waals surface area contributed by atoms with Crippen LogP contribution in [0.3, 0.4) is 0 Å². The zero-order valence-electron chi connectivity index (χ0n) is 14.8. The fourth-order valence-electron chi connectivity index (χ4n) is 2.91. The molecule has 0 unspecified atom stereocenters. The fourth-order valence-corrected chi connectivity index (χ4v) is 2.91. The molecule has 0 saturated heterocycles. The maximum Gasteiger partial charge on any atom is 0.257 e. The Balaban J connectivity index is 1.82. The number of aromatic nitrogens is 4. The molecule has 0 bridgehead atoms. The smallest absolute Gasteiger partial charge is 0.257 e. The molecule has 2 aromatic heterocycles. The Hall–Kier alpha value is -3.92. The van der Waals surface area contributed by atoms with E-state index in [1.54, 1.807) is 11.5 Å². The molecule has 4 rings (SSSR count). The van der Waals surface area contributed by atoms with E-state index in [1.807, 2.05) is 61.5 Å². The van der Waals surface area contributed by atoms with Crippen LogP contribution in [0.1, 0.15) is 11.3 Å². The van der Waals surface area contributed by atoms with E-state index in [0.717, 1.165) is 22.7 Å². The number of nitrogens with zero attached hydrogens (tertiary/aromatic N) is 5. The van der Waals surface area contributed by atoms with Crippen molar-refractivity contribution >= 4 is 17.3 Å². The normalized spacial score (nSPS) is 10.6. The van der Waals surface area contributed by atoms with Gasteiger partial charge in [-0.1, -0.05) is 30.3 Å². The van der Waals surface area contributed by atoms with Crippen molar-refractivity contribution < 1.29 is 4.74 Å². The third-order valence-electron chi connectivity index (χ3n) is 4.29. The van der Waals surface area contributed by atoms with E-state index in [1.165, 1.54) is 0 Å². The van der Waals surface area contributed by atoms with Crippen LogP contribution in [0.25, 0.3) is 17.2 Å². The average Bonchev–Trinajstić information content (AvgIpc) is 3.14. The summed E-state index contributed by atoms with van der Waals surface area (Å²) in [7, 11) is 1.62.